The summed E-state index contributed by atoms with van der Waals surface area (Å²) in [6.45, 7) is 4.37. The van der Waals surface area contributed by atoms with Crippen LogP contribution >= 0.6 is 0 Å². The monoisotopic (exact) mass is 357 g/mol. The molecule has 0 spiro atoms. The highest BCUT2D eigenvalue weighted by Gasteiger charge is 2.20. The number of hydrogen-bond donors (Lipinski definition) is 1. The molecule has 0 aromatic heterocycles. The lowest BCUT2D eigenvalue weighted by molar-refractivity contribution is -0.136. The SMILES string of the molecule is CCN1CCCc2cccc(OCc3ccc(CCC(=O)O)c(F)c3)c21. The van der Waals surface area contributed by atoms with Crippen molar-refractivity contribution in [1.82, 2.24) is 0 Å². The van der Waals surface area contributed by atoms with Crippen molar-refractivity contribution in [2.75, 3.05) is 18.0 Å². The van der Waals surface area contributed by atoms with Crippen molar-refractivity contribution in [3.8, 4) is 5.75 Å². The van der Waals surface area contributed by atoms with Crippen LogP contribution in [0.15, 0.2) is 36.4 Å². The number of carboxylic acids is 1. The fraction of sp³-hybridized carbons (Fsp3) is 0.381. The molecule has 2 aromatic rings. The maximum absolute atomic E-state index is 14.2. The number of nitrogens with zero attached hydrogens (tertiary/aromatic N) is 1. The van der Waals surface area contributed by atoms with Gasteiger partial charge in [-0.1, -0.05) is 24.3 Å². The molecule has 0 saturated heterocycles. The van der Waals surface area contributed by atoms with Crippen LogP contribution in [0.2, 0.25) is 0 Å². The summed E-state index contributed by atoms with van der Waals surface area (Å²) in [5, 5.41) is 8.72. The van der Waals surface area contributed by atoms with Crippen molar-refractivity contribution in [2.24, 2.45) is 0 Å². The van der Waals surface area contributed by atoms with Gasteiger partial charge in [0.1, 0.15) is 18.2 Å². The van der Waals surface area contributed by atoms with E-state index >= 15 is 0 Å². The van der Waals surface area contributed by atoms with Crippen LogP contribution < -0.4 is 9.64 Å². The van der Waals surface area contributed by atoms with E-state index in [0.29, 0.717) is 5.56 Å². The molecule has 0 saturated carbocycles. The summed E-state index contributed by atoms with van der Waals surface area (Å²) in [4.78, 5) is 13.0. The Morgan fingerprint density at radius 2 is 2.15 bits per heavy atom. The average Bonchev–Trinajstić information content (AvgIpc) is 2.64. The third-order valence-electron chi connectivity index (χ3n) is 4.77. The molecular weight excluding hydrogens is 333 g/mol. The lowest BCUT2D eigenvalue weighted by Crippen LogP contribution is -2.29. The van der Waals surface area contributed by atoms with E-state index in [4.69, 9.17) is 9.84 Å². The Balaban J connectivity index is 1.72. The summed E-state index contributed by atoms with van der Waals surface area (Å²) in [5.41, 5.74) is 3.61. The Kier molecular flexibility index (Phi) is 5.76. The van der Waals surface area contributed by atoms with Gasteiger partial charge in [0.15, 0.2) is 0 Å². The summed E-state index contributed by atoms with van der Waals surface area (Å²) in [6, 6.07) is 11.0. The second-order valence-corrected chi connectivity index (χ2v) is 6.56. The number of para-hydroxylation sites is 1. The Bertz CT molecular complexity index is 791. The minimum Gasteiger partial charge on any atom is -0.487 e. The van der Waals surface area contributed by atoms with Gasteiger partial charge in [0.05, 0.1) is 5.69 Å². The van der Waals surface area contributed by atoms with Gasteiger partial charge in [0.2, 0.25) is 0 Å². The van der Waals surface area contributed by atoms with Gasteiger partial charge < -0.3 is 14.7 Å². The van der Waals surface area contributed by atoms with Gasteiger partial charge in [0, 0.05) is 19.5 Å². The van der Waals surface area contributed by atoms with Crippen molar-refractivity contribution in [2.45, 2.75) is 39.2 Å². The van der Waals surface area contributed by atoms with Crippen molar-refractivity contribution < 1.29 is 19.0 Å². The van der Waals surface area contributed by atoms with Gasteiger partial charge in [-0.05, 0) is 55.0 Å². The maximum atomic E-state index is 14.2. The molecule has 1 aliphatic rings. The molecule has 3 rings (SSSR count). The summed E-state index contributed by atoms with van der Waals surface area (Å²) >= 11 is 0. The van der Waals surface area contributed by atoms with Gasteiger partial charge in [-0.3, -0.25) is 4.79 Å². The van der Waals surface area contributed by atoms with E-state index in [1.807, 2.05) is 12.1 Å². The molecule has 138 valence electrons. The second-order valence-electron chi connectivity index (χ2n) is 6.56. The molecule has 1 heterocycles. The number of ether oxygens (including phenoxy) is 1. The Morgan fingerprint density at radius 3 is 2.88 bits per heavy atom. The van der Waals surface area contributed by atoms with Gasteiger partial charge >= 0.3 is 5.97 Å². The largest absolute Gasteiger partial charge is 0.487 e. The number of carbonyl (C=O) groups is 1. The minimum atomic E-state index is -0.925. The maximum Gasteiger partial charge on any atom is 0.303 e. The van der Waals surface area contributed by atoms with Gasteiger partial charge in [0.25, 0.3) is 0 Å². The van der Waals surface area contributed by atoms with Gasteiger partial charge in [-0.2, -0.15) is 0 Å². The fourth-order valence-corrected chi connectivity index (χ4v) is 3.42. The van der Waals surface area contributed by atoms with Crippen LogP contribution in [0.1, 0.15) is 36.5 Å². The third kappa shape index (κ3) is 4.15. The number of hydrogen-bond acceptors (Lipinski definition) is 3. The number of fused-ring (bicyclic) bond motifs is 1. The van der Waals surface area contributed by atoms with Crippen LogP contribution in [-0.4, -0.2) is 24.2 Å². The molecule has 0 radical (unpaired) electrons. The third-order valence-corrected chi connectivity index (χ3v) is 4.77. The van der Waals surface area contributed by atoms with E-state index in [1.54, 1.807) is 12.1 Å². The first kappa shape index (κ1) is 18.2. The standard InChI is InChI=1S/C21H24FNO3/c1-2-23-12-4-6-17-5-3-7-19(21(17)23)26-14-15-8-9-16(18(22)13-15)10-11-20(24)25/h3,5,7-9,13H,2,4,6,10-12,14H2,1H3,(H,24,25). The first-order valence-corrected chi connectivity index (χ1v) is 9.07. The van der Waals surface area contributed by atoms with Crippen molar-refractivity contribution in [1.29, 1.82) is 0 Å². The Hall–Kier alpha value is -2.56. The molecule has 26 heavy (non-hydrogen) atoms. The molecule has 0 atom stereocenters. The lowest BCUT2D eigenvalue weighted by Gasteiger charge is -2.32. The zero-order chi connectivity index (χ0) is 18.5. The molecule has 0 amide bonds. The summed E-state index contributed by atoms with van der Waals surface area (Å²) < 4.78 is 20.2. The van der Waals surface area contributed by atoms with E-state index in [-0.39, 0.29) is 25.3 Å². The summed E-state index contributed by atoms with van der Waals surface area (Å²) in [6.07, 6.45) is 2.32. The zero-order valence-electron chi connectivity index (χ0n) is 15.0. The van der Waals surface area contributed by atoms with Crippen molar-refractivity contribution in [3.05, 3.63) is 58.9 Å². The number of carboxylic acid groups (broad SMARTS) is 1. The van der Waals surface area contributed by atoms with Crippen LogP contribution in [0.5, 0.6) is 5.75 Å². The zero-order valence-corrected chi connectivity index (χ0v) is 15.0. The first-order chi connectivity index (χ1) is 12.6. The molecule has 0 unspecified atom stereocenters. The fourth-order valence-electron chi connectivity index (χ4n) is 3.42. The number of rotatable bonds is 7. The van der Waals surface area contributed by atoms with Crippen molar-refractivity contribution in [3.63, 3.8) is 0 Å². The Morgan fingerprint density at radius 1 is 1.31 bits per heavy atom. The predicted octanol–water partition coefficient (Wildman–Crippen LogP) is 4.19. The number of halogens is 1. The highest BCUT2D eigenvalue weighted by Crippen LogP contribution is 2.36. The van der Waals surface area contributed by atoms with E-state index in [2.05, 4.69) is 17.9 Å². The van der Waals surface area contributed by atoms with E-state index in [9.17, 15) is 9.18 Å². The molecule has 0 aliphatic carbocycles. The molecule has 0 fully saturated rings. The highest BCUT2D eigenvalue weighted by molar-refractivity contribution is 5.67. The summed E-state index contributed by atoms with van der Waals surface area (Å²) in [7, 11) is 0. The molecule has 1 aliphatic heterocycles. The first-order valence-electron chi connectivity index (χ1n) is 9.07. The molecular formula is C21H24FNO3. The number of anilines is 1. The van der Waals surface area contributed by atoms with Crippen LogP contribution in [-0.2, 0) is 24.2 Å². The molecule has 2 aromatic carbocycles. The molecule has 4 nitrogen and oxygen atoms in total. The van der Waals surface area contributed by atoms with E-state index in [0.717, 1.165) is 42.9 Å². The number of benzene rings is 2. The highest BCUT2D eigenvalue weighted by atomic mass is 19.1. The van der Waals surface area contributed by atoms with Crippen LogP contribution in [0.25, 0.3) is 0 Å². The lowest BCUT2D eigenvalue weighted by atomic mass is 10.0. The molecule has 1 N–H and O–H groups in total. The van der Waals surface area contributed by atoms with Crippen LogP contribution in [0.3, 0.4) is 0 Å². The quantitative estimate of drug-likeness (QED) is 0.807. The average molecular weight is 357 g/mol. The minimum absolute atomic E-state index is 0.0736. The van der Waals surface area contributed by atoms with E-state index < -0.39 is 5.97 Å². The predicted molar refractivity (Wildman–Crippen MR) is 99.3 cm³/mol. The van der Waals surface area contributed by atoms with Crippen molar-refractivity contribution >= 4 is 11.7 Å². The smallest absolute Gasteiger partial charge is 0.303 e. The van der Waals surface area contributed by atoms with Gasteiger partial charge in [-0.25, -0.2) is 4.39 Å². The number of aryl methyl sites for hydroxylation is 2. The molecule has 5 heteroatoms. The topological polar surface area (TPSA) is 49.8 Å². The van der Waals surface area contributed by atoms with E-state index in [1.165, 1.54) is 11.6 Å². The number of aliphatic carboxylic acids is 1. The Labute approximate surface area is 153 Å². The van der Waals surface area contributed by atoms with Gasteiger partial charge in [-0.15, -0.1) is 0 Å². The van der Waals surface area contributed by atoms with Crippen LogP contribution in [0, 0.1) is 5.82 Å². The summed E-state index contributed by atoms with van der Waals surface area (Å²) in [5.74, 6) is -0.469. The van der Waals surface area contributed by atoms with Crippen LogP contribution in [0.4, 0.5) is 10.1 Å². The molecule has 0 bridgehead atoms. The normalized spacial score (nSPS) is 13.4. The second kappa shape index (κ2) is 8.21.